The molecule has 0 aliphatic rings. The number of alkyl halides is 1. The van der Waals surface area contributed by atoms with Crippen LogP contribution < -0.4 is 0 Å². The third kappa shape index (κ3) is 2.17. The van der Waals surface area contributed by atoms with Gasteiger partial charge in [-0.25, -0.2) is 9.97 Å². The molecule has 0 fully saturated rings. The van der Waals surface area contributed by atoms with Gasteiger partial charge >= 0.3 is 0 Å². The van der Waals surface area contributed by atoms with Crippen LogP contribution in [0.25, 0.3) is 11.0 Å². The summed E-state index contributed by atoms with van der Waals surface area (Å²) in [5.41, 5.74) is 2.20. The van der Waals surface area contributed by atoms with Crippen molar-refractivity contribution in [2.45, 2.75) is 19.3 Å². The highest BCUT2D eigenvalue weighted by Gasteiger charge is 2.14. The van der Waals surface area contributed by atoms with Crippen molar-refractivity contribution in [3.05, 3.63) is 45.7 Å². The number of nitrogens with zero attached hydrogens (tertiary/aromatic N) is 4. The van der Waals surface area contributed by atoms with Crippen LogP contribution in [0.1, 0.15) is 21.3 Å². The van der Waals surface area contributed by atoms with E-state index in [1.54, 1.807) is 17.4 Å². The third-order valence-corrected chi connectivity index (χ3v) is 4.20. The first-order valence-electron chi connectivity index (χ1n) is 6.08. The number of benzene rings is 1. The van der Waals surface area contributed by atoms with E-state index in [0.717, 1.165) is 16.3 Å². The van der Waals surface area contributed by atoms with Gasteiger partial charge in [-0.2, -0.15) is 5.26 Å². The maximum absolute atomic E-state index is 9.16. The second-order valence-electron chi connectivity index (χ2n) is 4.40. The second-order valence-corrected chi connectivity index (χ2v) is 5.98. The van der Waals surface area contributed by atoms with E-state index in [2.05, 4.69) is 16.0 Å². The number of para-hydroxylation sites is 1. The van der Waals surface area contributed by atoms with Crippen LogP contribution in [0.3, 0.4) is 0 Å². The Labute approximate surface area is 125 Å². The number of fused-ring (bicyclic) bond motifs is 1. The Hall–Kier alpha value is -1.90. The van der Waals surface area contributed by atoms with Gasteiger partial charge in [0.2, 0.25) is 0 Å². The van der Waals surface area contributed by atoms with Gasteiger partial charge in [0.05, 0.1) is 23.5 Å². The molecule has 0 bridgehead atoms. The van der Waals surface area contributed by atoms with Crippen LogP contribution in [0, 0.1) is 18.3 Å². The van der Waals surface area contributed by atoms with Crippen LogP contribution in [0.15, 0.2) is 24.4 Å². The predicted molar refractivity (Wildman–Crippen MR) is 80.0 cm³/mol. The number of hydrogen-bond donors (Lipinski definition) is 0. The highest BCUT2D eigenvalue weighted by atomic mass is 35.5. The fourth-order valence-electron chi connectivity index (χ4n) is 2.17. The summed E-state index contributed by atoms with van der Waals surface area (Å²) < 4.78 is 2.03. The standard InChI is InChI=1S/C14H11ClN4S/c1-9-7-17-13(20-9)8-19-11-4-2-3-10(6-16)14(11)18-12(19)5-15/h2-4,7H,5,8H2,1H3. The van der Waals surface area contributed by atoms with Gasteiger partial charge in [0.1, 0.15) is 22.4 Å². The van der Waals surface area contributed by atoms with E-state index in [9.17, 15) is 0 Å². The summed E-state index contributed by atoms with van der Waals surface area (Å²) in [6.07, 6.45) is 1.86. The highest BCUT2D eigenvalue weighted by molar-refractivity contribution is 7.11. The fourth-order valence-corrected chi connectivity index (χ4v) is 3.15. The Morgan fingerprint density at radius 1 is 1.45 bits per heavy atom. The molecule has 3 aromatic rings. The summed E-state index contributed by atoms with van der Waals surface area (Å²) in [5, 5.41) is 10.2. The van der Waals surface area contributed by atoms with Gasteiger partial charge in [0.15, 0.2) is 0 Å². The number of aromatic nitrogens is 3. The van der Waals surface area contributed by atoms with Crippen LogP contribution >= 0.6 is 22.9 Å². The third-order valence-electron chi connectivity index (χ3n) is 3.06. The first-order valence-corrected chi connectivity index (χ1v) is 7.43. The van der Waals surface area contributed by atoms with Crippen molar-refractivity contribution in [3.63, 3.8) is 0 Å². The molecule has 0 amide bonds. The zero-order chi connectivity index (χ0) is 14.1. The molecule has 6 heteroatoms. The van der Waals surface area contributed by atoms with Crippen molar-refractivity contribution in [2.24, 2.45) is 0 Å². The zero-order valence-corrected chi connectivity index (χ0v) is 12.4. The Morgan fingerprint density at radius 2 is 2.30 bits per heavy atom. The van der Waals surface area contributed by atoms with Gasteiger partial charge < -0.3 is 4.57 Å². The van der Waals surface area contributed by atoms with Crippen molar-refractivity contribution in [3.8, 4) is 6.07 Å². The zero-order valence-electron chi connectivity index (χ0n) is 10.8. The Balaban J connectivity index is 2.16. The van der Waals surface area contributed by atoms with Crippen LogP contribution in [0.4, 0.5) is 0 Å². The predicted octanol–water partition coefficient (Wildman–Crippen LogP) is 3.46. The van der Waals surface area contributed by atoms with Gasteiger partial charge in [-0.15, -0.1) is 22.9 Å². The van der Waals surface area contributed by atoms with Crippen molar-refractivity contribution >= 4 is 34.0 Å². The van der Waals surface area contributed by atoms with Gasteiger partial charge in [-0.3, -0.25) is 0 Å². The Morgan fingerprint density at radius 3 is 2.95 bits per heavy atom. The molecule has 0 N–H and O–H groups in total. The first-order chi connectivity index (χ1) is 9.72. The van der Waals surface area contributed by atoms with Crippen LogP contribution in [-0.4, -0.2) is 14.5 Å². The van der Waals surface area contributed by atoms with E-state index in [1.807, 2.05) is 29.8 Å². The molecule has 2 heterocycles. The van der Waals surface area contributed by atoms with Gasteiger partial charge in [0.25, 0.3) is 0 Å². The molecule has 0 aliphatic heterocycles. The lowest BCUT2D eigenvalue weighted by atomic mass is 10.2. The summed E-state index contributed by atoms with van der Waals surface area (Å²) >= 11 is 7.64. The van der Waals surface area contributed by atoms with E-state index in [4.69, 9.17) is 16.9 Å². The summed E-state index contributed by atoms with van der Waals surface area (Å²) in [5.74, 6) is 1.07. The fraction of sp³-hybridized carbons (Fsp3) is 0.214. The molecule has 2 aromatic heterocycles. The van der Waals surface area contributed by atoms with Gasteiger partial charge in [0, 0.05) is 11.1 Å². The Kier molecular flexibility index (Phi) is 3.43. The molecule has 3 rings (SSSR count). The number of halogens is 1. The van der Waals surface area contributed by atoms with Crippen molar-refractivity contribution in [2.75, 3.05) is 0 Å². The van der Waals surface area contributed by atoms with Gasteiger partial charge in [-0.1, -0.05) is 6.07 Å². The van der Waals surface area contributed by atoms with Crippen molar-refractivity contribution in [1.29, 1.82) is 5.26 Å². The van der Waals surface area contributed by atoms with E-state index >= 15 is 0 Å². The van der Waals surface area contributed by atoms with E-state index in [1.165, 1.54) is 4.88 Å². The molecule has 0 spiro atoms. The normalized spacial score (nSPS) is 10.8. The lowest BCUT2D eigenvalue weighted by Crippen LogP contribution is -2.03. The molecule has 0 saturated heterocycles. The molecular weight excluding hydrogens is 292 g/mol. The average molecular weight is 303 g/mol. The average Bonchev–Trinajstić information content (AvgIpc) is 3.03. The summed E-state index contributed by atoms with van der Waals surface area (Å²) in [6.45, 7) is 2.66. The summed E-state index contributed by atoms with van der Waals surface area (Å²) in [7, 11) is 0. The molecule has 1 aromatic carbocycles. The number of rotatable bonds is 3. The molecule has 20 heavy (non-hydrogen) atoms. The maximum atomic E-state index is 9.16. The number of nitriles is 1. The van der Waals surface area contributed by atoms with E-state index in [-0.39, 0.29) is 0 Å². The molecule has 0 unspecified atom stereocenters. The molecule has 0 aliphatic carbocycles. The SMILES string of the molecule is Cc1cnc(Cn2c(CCl)nc3c(C#N)cccc32)s1. The quantitative estimate of drug-likeness (QED) is 0.696. The van der Waals surface area contributed by atoms with E-state index < -0.39 is 0 Å². The number of aryl methyl sites for hydroxylation is 1. The minimum atomic E-state index is 0.309. The maximum Gasteiger partial charge on any atom is 0.125 e. The van der Waals surface area contributed by atoms with Crippen LogP contribution in [0.2, 0.25) is 0 Å². The number of hydrogen-bond acceptors (Lipinski definition) is 4. The van der Waals surface area contributed by atoms with Gasteiger partial charge in [-0.05, 0) is 19.1 Å². The smallest absolute Gasteiger partial charge is 0.125 e. The highest BCUT2D eigenvalue weighted by Crippen LogP contribution is 2.23. The summed E-state index contributed by atoms with van der Waals surface area (Å²) in [6, 6.07) is 7.76. The molecule has 4 nitrogen and oxygen atoms in total. The molecule has 0 atom stereocenters. The lowest BCUT2D eigenvalue weighted by molar-refractivity contribution is 0.773. The van der Waals surface area contributed by atoms with Crippen molar-refractivity contribution in [1.82, 2.24) is 14.5 Å². The Bertz CT molecular complexity index is 812. The largest absolute Gasteiger partial charge is 0.320 e. The number of thiazole rings is 1. The second kappa shape index (κ2) is 5.23. The topological polar surface area (TPSA) is 54.5 Å². The first kappa shape index (κ1) is 13.1. The molecule has 100 valence electrons. The molecule has 0 radical (unpaired) electrons. The monoisotopic (exact) mass is 302 g/mol. The molecular formula is C14H11ClN4S. The number of imidazole rings is 1. The minimum Gasteiger partial charge on any atom is -0.320 e. The lowest BCUT2D eigenvalue weighted by Gasteiger charge is -2.05. The molecule has 0 saturated carbocycles. The van der Waals surface area contributed by atoms with Crippen LogP contribution in [-0.2, 0) is 12.4 Å². The van der Waals surface area contributed by atoms with E-state index in [0.29, 0.717) is 23.5 Å². The van der Waals surface area contributed by atoms with Crippen molar-refractivity contribution < 1.29 is 0 Å². The summed E-state index contributed by atoms with van der Waals surface area (Å²) in [4.78, 5) is 10.0. The minimum absolute atomic E-state index is 0.309. The van der Waals surface area contributed by atoms with Crippen LogP contribution in [0.5, 0.6) is 0 Å².